The maximum Gasteiger partial charge on any atom is 0.416 e. The fourth-order valence-electron chi connectivity index (χ4n) is 1.96. The second-order valence-electron chi connectivity index (χ2n) is 5.29. The Balaban J connectivity index is 3.00. The molecule has 1 aromatic rings. The number of halogens is 4. The molecule has 0 aliphatic carbocycles. The zero-order valence-electron chi connectivity index (χ0n) is 11.4. The van der Waals surface area contributed by atoms with Crippen LogP contribution in [0.3, 0.4) is 0 Å². The van der Waals surface area contributed by atoms with Gasteiger partial charge in [0.1, 0.15) is 0 Å². The molecule has 0 heterocycles. The van der Waals surface area contributed by atoms with E-state index in [1.54, 1.807) is 0 Å². The van der Waals surface area contributed by atoms with Gasteiger partial charge in [0.25, 0.3) is 0 Å². The Morgan fingerprint density at radius 2 is 1.85 bits per heavy atom. The molecule has 114 valence electrons. The zero-order chi connectivity index (χ0) is 15.5. The van der Waals surface area contributed by atoms with E-state index < -0.39 is 23.9 Å². The molecule has 0 fully saturated rings. The van der Waals surface area contributed by atoms with E-state index in [2.05, 4.69) is 0 Å². The molecular formula is C14H19ClF3NO. The van der Waals surface area contributed by atoms with E-state index in [1.165, 1.54) is 12.1 Å². The summed E-state index contributed by atoms with van der Waals surface area (Å²) in [6.07, 6.45) is -4.50. The van der Waals surface area contributed by atoms with E-state index in [-0.39, 0.29) is 10.6 Å². The molecule has 2 atom stereocenters. The number of rotatable bonds is 5. The highest BCUT2D eigenvalue weighted by molar-refractivity contribution is 6.30. The van der Waals surface area contributed by atoms with Crippen molar-refractivity contribution in [3.05, 3.63) is 34.3 Å². The zero-order valence-corrected chi connectivity index (χ0v) is 12.2. The Labute approximate surface area is 121 Å². The molecule has 0 unspecified atom stereocenters. The Morgan fingerprint density at radius 1 is 1.25 bits per heavy atom. The number of hydrogen-bond donors (Lipinski definition) is 2. The van der Waals surface area contributed by atoms with E-state index in [1.807, 2.05) is 13.8 Å². The van der Waals surface area contributed by atoms with Gasteiger partial charge < -0.3 is 10.8 Å². The van der Waals surface area contributed by atoms with Crippen molar-refractivity contribution in [3.8, 4) is 0 Å². The largest absolute Gasteiger partial charge is 0.416 e. The Morgan fingerprint density at radius 3 is 2.35 bits per heavy atom. The summed E-state index contributed by atoms with van der Waals surface area (Å²) in [4.78, 5) is 0. The maximum absolute atomic E-state index is 13.0. The Kier molecular flexibility index (Phi) is 5.86. The molecule has 2 nitrogen and oxygen atoms in total. The molecule has 0 amide bonds. The average Bonchev–Trinajstić information content (AvgIpc) is 2.33. The molecule has 6 heteroatoms. The lowest BCUT2D eigenvalue weighted by Crippen LogP contribution is -2.29. The molecule has 1 aromatic carbocycles. The summed E-state index contributed by atoms with van der Waals surface area (Å²) < 4.78 is 38.9. The number of nitrogens with two attached hydrogens (primary N) is 1. The fraction of sp³-hybridized carbons (Fsp3) is 0.571. The molecule has 0 bridgehead atoms. The van der Waals surface area contributed by atoms with Gasteiger partial charge in [0.2, 0.25) is 0 Å². The molecule has 0 saturated carbocycles. The van der Waals surface area contributed by atoms with Crippen LogP contribution in [0.4, 0.5) is 13.2 Å². The molecule has 0 aliphatic rings. The summed E-state index contributed by atoms with van der Waals surface area (Å²) in [6.45, 7) is 3.95. The van der Waals surface area contributed by atoms with Gasteiger partial charge in [0.05, 0.1) is 17.7 Å². The number of benzene rings is 1. The summed E-state index contributed by atoms with van der Waals surface area (Å²) in [6, 6.07) is 2.34. The van der Waals surface area contributed by atoms with Crippen molar-refractivity contribution in [2.45, 2.75) is 45.0 Å². The van der Waals surface area contributed by atoms with E-state index in [0.29, 0.717) is 18.8 Å². The summed E-state index contributed by atoms with van der Waals surface area (Å²) >= 11 is 5.61. The first-order valence-electron chi connectivity index (χ1n) is 6.43. The van der Waals surface area contributed by atoms with Gasteiger partial charge in [-0.1, -0.05) is 31.5 Å². The molecular weight excluding hydrogens is 291 g/mol. The number of aliphatic hydroxyl groups excluding tert-OH is 1. The SMILES string of the molecule is CC(C)CC[C@H](O)[C@H](N)c1ccc(Cl)cc1C(F)(F)F. The van der Waals surface area contributed by atoms with Crippen LogP contribution in [0.1, 0.15) is 43.9 Å². The number of hydrogen-bond acceptors (Lipinski definition) is 2. The van der Waals surface area contributed by atoms with Gasteiger partial charge in [-0.3, -0.25) is 0 Å². The third-order valence-electron chi connectivity index (χ3n) is 3.13. The monoisotopic (exact) mass is 309 g/mol. The van der Waals surface area contributed by atoms with Gasteiger partial charge in [-0.25, -0.2) is 0 Å². The number of alkyl halides is 3. The van der Waals surface area contributed by atoms with E-state index in [9.17, 15) is 18.3 Å². The molecule has 3 N–H and O–H groups in total. The van der Waals surface area contributed by atoms with Crippen molar-refractivity contribution in [1.29, 1.82) is 0 Å². The Bertz CT molecular complexity index is 449. The fourth-order valence-corrected chi connectivity index (χ4v) is 2.13. The normalized spacial score (nSPS) is 15.4. The van der Waals surface area contributed by atoms with E-state index in [0.717, 1.165) is 6.07 Å². The predicted octanol–water partition coefficient (Wildman–Crippen LogP) is 4.16. The average molecular weight is 310 g/mol. The molecule has 0 saturated heterocycles. The first kappa shape index (κ1) is 17.3. The highest BCUT2D eigenvalue weighted by Crippen LogP contribution is 2.37. The van der Waals surface area contributed by atoms with Crippen LogP contribution in [0.2, 0.25) is 5.02 Å². The van der Waals surface area contributed by atoms with Gasteiger partial charge >= 0.3 is 6.18 Å². The lowest BCUT2D eigenvalue weighted by atomic mass is 9.93. The second-order valence-corrected chi connectivity index (χ2v) is 5.73. The summed E-state index contributed by atoms with van der Waals surface area (Å²) in [7, 11) is 0. The molecule has 0 radical (unpaired) electrons. The minimum Gasteiger partial charge on any atom is -0.391 e. The first-order chi connectivity index (χ1) is 9.12. The minimum absolute atomic E-state index is 0.00931. The second kappa shape index (κ2) is 6.78. The van der Waals surface area contributed by atoms with Gasteiger partial charge in [-0.05, 0) is 36.5 Å². The Hall–Kier alpha value is -0.780. The summed E-state index contributed by atoms with van der Waals surface area (Å²) in [5, 5.41) is 9.94. The van der Waals surface area contributed by atoms with Gasteiger partial charge in [0, 0.05) is 5.02 Å². The van der Waals surface area contributed by atoms with Crippen molar-refractivity contribution in [1.82, 2.24) is 0 Å². The lowest BCUT2D eigenvalue weighted by Gasteiger charge is -2.23. The first-order valence-corrected chi connectivity index (χ1v) is 6.81. The van der Waals surface area contributed by atoms with Gasteiger partial charge in [0.15, 0.2) is 0 Å². The smallest absolute Gasteiger partial charge is 0.391 e. The van der Waals surface area contributed by atoms with Gasteiger partial charge in [-0.2, -0.15) is 13.2 Å². The van der Waals surface area contributed by atoms with Crippen LogP contribution >= 0.6 is 11.6 Å². The van der Waals surface area contributed by atoms with Crippen molar-refractivity contribution in [2.75, 3.05) is 0 Å². The highest BCUT2D eigenvalue weighted by atomic mass is 35.5. The van der Waals surface area contributed by atoms with E-state index in [4.69, 9.17) is 17.3 Å². The lowest BCUT2D eigenvalue weighted by molar-refractivity contribution is -0.138. The molecule has 0 aromatic heterocycles. The van der Waals surface area contributed by atoms with Crippen molar-refractivity contribution < 1.29 is 18.3 Å². The molecule has 1 rings (SSSR count). The van der Waals surface area contributed by atoms with Crippen molar-refractivity contribution >= 4 is 11.6 Å². The van der Waals surface area contributed by atoms with E-state index >= 15 is 0 Å². The third-order valence-corrected chi connectivity index (χ3v) is 3.37. The topological polar surface area (TPSA) is 46.2 Å². The highest BCUT2D eigenvalue weighted by Gasteiger charge is 2.36. The van der Waals surface area contributed by atoms with Gasteiger partial charge in [-0.15, -0.1) is 0 Å². The van der Waals surface area contributed by atoms with Crippen LogP contribution in [0.25, 0.3) is 0 Å². The molecule has 0 spiro atoms. The standard InChI is InChI=1S/C14H19ClF3NO/c1-8(2)3-6-12(20)13(19)10-5-4-9(15)7-11(10)14(16,17)18/h4-5,7-8,12-13,20H,3,6,19H2,1-2H3/t12-,13+/m0/s1. The molecule has 0 aliphatic heterocycles. The maximum atomic E-state index is 13.0. The van der Waals surface area contributed by atoms with Crippen LogP contribution in [0, 0.1) is 5.92 Å². The van der Waals surface area contributed by atoms with Crippen LogP contribution in [0.5, 0.6) is 0 Å². The number of aliphatic hydroxyl groups is 1. The third kappa shape index (κ3) is 4.65. The minimum atomic E-state index is -4.55. The summed E-state index contributed by atoms with van der Waals surface area (Å²) in [5.41, 5.74) is 4.76. The summed E-state index contributed by atoms with van der Waals surface area (Å²) in [5.74, 6) is 0.351. The predicted molar refractivity (Wildman–Crippen MR) is 73.5 cm³/mol. The van der Waals surface area contributed by atoms with Crippen LogP contribution < -0.4 is 5.73 Å². The van der Waals surface area contributed by atoms with Crippen molar-refractivity contribution in [2.24, 2.45) is 11.7 Å². The molecule has 20 heavy (non-hydrogen) atoms. The quantitative estimate of drug-likeness (QED) is 0.858. The van der Waals surface area contributed by atoms with Crippen LogP contribution in [0.15, 0.2) is 18.2 Å². The van der Waals surface area contributed by atoms with Crippen LogP contribution in [-0.2, 0) is 6.18 Å². The van der Waals surface area contributed by atoms with Crippen molar-refractivity contribution in [3.63, 3.8) is 0 Å². The van der Waals surface area contributed by atoms with Crippen LogP contribution in [-0.4, -0.2) is 11.2 Å².